The van der Waals surface area contributed by atoms with Crippen LogP contribution in [-0.4, -0.2) is 51.2 Å². The van der Waals surface area contributed by atoms with Crippen LogP contribution in [0.3, 0.4) is 0 Å². The van der Waals surface area contributed by atoms with Crippen molar-refractivity contribution < 1.29 is 23.8 Å². The first-order chi connectivity index (χ1) is 21.8. The zero-order chi connectivity index (χ0) is 31.9. The fraction of sp³-hybridized carbons (Fsp3) is 0.294. The Labute approximate surface area is 265 Å². The van der Waals surface area contributed by atoms with Gasteiger partial charge >= 0.3 is 0 Å². The number of rotatable bonds is 11. The van der Waals surface area contributed by atoms with Crippen molar-refractivity contribution in [2.75, 3.05) is 39.7 Å². The second-order valence-electron chi connectivity index (χ2n) is 10.5. The number of amides is 2. The molecular formula is C34H36N4O6S. The highest BCUT2D eigenvalue weighted by Gasteiger charge is 2.29. The normalized spacial score (nSPS) is 13.5. The minimum atomic E-state index is -0.420. The molecule has 0 radical (unpaired) electrons. The Morgan fingerprint density at radius 3 is 2.49 bits per heavy atom. The summed E-state index contributed by atoms with van der Waals surface area (Å²) in [6.07, 6.45) is 1.76. The van der Waals surface area contributed by atoms with Gasteiger partial charge in [0.2, 0.25) is 23.0 Å². The van der Waals surface area contributed by atoms with Crippen LogP contribution >= 0.6 is 11.3 Å². The maximum absolute atomic E-state index is 13.5. The Morgan fingerprint density at radius 1 is 1.00 bits per heavy atom. The van der Waals surface area contributed by atoms with Crippen LogP contribution in [-0.2, 0) is 22.4 Å². The topological polar surface area (TPSA) is 128 Å². The van der Waals surface area contributed by atoms with Crippen molar-refractivity contribution in [3.8, 4) is 39.6 Å². The molecule has 1 heterocycles. The summed E-state index contributed by atoms with van der Waals surface area (Å²) >= 11 is 1.56. The molecule has 0 saturated heterocycles. The Morgan fingerprint density at radius 2 is 1.78 bits per heavy atom. The maximum Gasteiger partial charge on any atom is 0.239 e. The smallest absolute Gasteiger partial charge is 0.239 e. The van der Waals surface area contributed by atoms with E-state index in [-0.39, 0.29) is 29.5 Å². The summed E-state index contributed by atoms with van der Waals surface area (Å²) in [7, 11) is 4.65. The van der Waals surface area contributed by atoms with E-state index in [9.17, 15) is 14.4 Å². The summed E-state index contributed by atoms with van der Waals surface area (Å²) in [6.45, 7) is 1.79. The van der Waals surface area contributed by atoms with E-state index >= 15 is 0 Å². The van der Waals surface area contributed by atoms with Gasteiger partial charge in [-0.05, 0) is 47.7 Å². The summed E-state index contributed by atoms with van der Waals surface area (Å²) < 4.78 is 17.0. The van der Waals surface area contributed by atoms with Gasteiger partial charge in [0.05, 0.1) is 50.3 Å². The predicted molar refractivity (Wildman–Crippen MR) is 175 cm³/mol. The van der Waals surface area contributed by atoms with Gasteiger partial charge in [0.15, 0.2) is 11.5 Å². The zero-order valence-electron chi connectivity index (χ0n) is 25.7. The molecule has 0 bridgehead atoms. The summed E-state index contributed by atoms with van der Waals surface area (Å²) in [5, 5.41) is 11.8. The molecule has 0 saturated carbocycles. The highest BCUT2D eigenvalue weighted by molar-refractivity contribution is 7.09. The van der Waals surface area contributed by atoms with E-state index in [1.807, 2.05) is 47.8 Å². The third-order valence-electron chi connectivity index (χ3n) is 7.64. The van der Waals surface area contributed by atoms with Crippen molar-refractivity contribution in [3.05, 3.63) is 86.3 Å². The lowest BCUT2D eigenvalue weighted by Crippen LogP contribution is -2.32. The first-order valence-electron chi connectivity index (χ1n) is 14.6. The maximum atomic E-state index is 13.5. The second-order valence-corrected chi connectivity index (χ2v) is 11.5. The number of fused-ring (bicyclic) bond motifs is 3. The van der Waals surface area contributed by atoms with Gasteiger partial charge in [-0.15, -0.1) is 11.3 Å². The van der Waals surface area contributed by atoms with Crippen LogP contribution in [0.5, 0.6) is 17.2 Å². The molecule has 0 spiro atoms. The Kier molecular flexibility index (Phi) is 9.99. The van der Waals surface area contributed by atoms with Gasteiger partial charge in [-0.2, -0.15) is 0 Å². The number of thiazole rings is 1. The van der Waals surface area contributed by atoms with Crippen LogP contribution in [0.2, 0.25) is 0 Å². The lowest BCUT2D eigenvalue weighted by molar-refractivity contribution is -0.120. The molecule has 1 aliphatic rings. The van der Waals surface area contributed by atoms with E-state index in [1.54, 1.807) is 31.6 Å². The molecule has 3 N–H and O–H groups in total. The molecule has 11 heteroatoms. The molecule has 1 atom stereocenters. The lowest BCUT2D eigenvalue weighted by Gasteiger charge is -2.19. The van der Waals surface area contributed by atoms with Gasteiger partial charge in [0.25, 0.3) is 0 Å². The summed E-state index contributed by atoms with van der Waals surface area (Å²) in [6, 6.07) is 16.4. The standard InChI is InChI=1S/C34H36N4O6S/c1-20(39)37-25-12-10-22-16-29(42-2)33(43-3)34(44-4)32(22)23-11-13-26(28(40)17-24(23)25)36-18-30(41)35-15-14-31-38-27(19-45-31)21-8-6-5-7-9-21/h5-9,11,13,16-17,19,25H,10,12,14-15,18H2,1-4H3,(H,35,41)(H,36,40)(H,37,39)/t25-/m1/s1. The van der Waals surface area contributed by atoms with Gasteiger partial charge in [0.1, 0.15) is 0 Å². The number of hydrogen-bond donors (Lipinski definition) is 3. The average molecular weight is 629 g/mol. The fourth-order valence-electron chi connectivity index (χ4n) is 5.57. The number of aromatic nitrogens is 1. The molecule has 1 aliphatic carbocycles. The molecule has 0 fully saturated rings. The van der Waals surface area contributed by atoms with Gasteiger partial charge in [-0.3, -0.25) is 14.4 Å². The first kappa shape index (κ1) is 31.5. The molecule has 2 amide bonds. The molecule has 234 valence electrons. The Bertz CT molecular complexity index is 1760. The average Bonchev–Trinajstić information content (AvgIpc) is 3.39. The number of carbonyl (C=O) groups is 2. The van der Waals surface area contributed by atoms with Crippen molar-refractivity contribution >= 4 is 28.8 Å². The van der Waals surface area contributed by atoms with Gasteiger partial charge in [-0.25, -0.2) is 4.98 Å². The van der Waals surface area contributed by atoms with Gasteiger partial charge in [-0.1, -0.05) is 36.4 Å². The van der Waals surface area contributed by atoms with Crippen LogP contribution in [0.15, 0.2) is 64.8 Å². The van der Waals surface area contributed by atoms with Crippen LogP contribution in [0.1, 0.15) is 35.5 Å². The summed E-state index contributed by atoms with van der Waals surface area (Å²) in [5.74, 6) is 0.974. The van der Waals surface area contributed by atoms with Crippen LogP contribution < -0.4 is 35.6 Å². The van der Waals surface area contributed by atoms with E-state index in [2.05, 4.69) is 20.9 Å². The molecule has 4 aromatic rings. The van der Waals surface area contributed by atoms with Crippen LogP contribution in [0, 0.1) is 0 Å². The van der Waals surface area contributed by atoms with Crippen molar-refractivity contribution in [1.29, 1.82) is 0 Å². The summed E-state index contributed by atoms with van der Waals surface area (Å²) in [5.41, 5.74) is 4.98. The second kappa shape index (κ2) is 14.3. The van der Waals surface area contributed by atoms with Crippen molar-refractivity contribution in [3.63, 3.8) is 0 Å². The number of aryl methyl sites for hydroxylation is 1. The zero-order valence-corrected chi connectivity index (χ0v) is 26.5. The first-order valence-corrected chi connectivity index (χ1v) is 15.5. The van der Waals surface area contributed by atoms with E-state index in [0.717, 1.165) is 27.4 Å². The van der Waals surface area contributed by atoms with Crippen LogP contribution in [0.4, 0.5) is 5.69 Å². The monoisotopic (exact) mass is 628 g/mol. The quantitative estimate of drug-likeness (QED) is 0.217. The van der Waals surface area contributed by atoms with Crippen molar-refractivity contribution in [2.45, 2.75) is 32.2 Å². The Hall–Kier alpha value is -4.90. The number of hydrogen-bond acceptors (Lipinski definition) is 9. The summed E-state index contributed by atoms with van der Waals surface area (Å²) in [4.78, 5) is 43.0. The highest BCUT2D eigenvalue weighted by Crippen LogP contribution is 2.50. The van der Waals surface area contributed by atoms with E-state index in [1.165, 1.54) is 20.1 Å². The minimum Gasteiger partial charge on any atom is -0.493 e. The van der Waals surface area contributed by atoms with Crippen LogP contribution in [0.25, 0.3) is 22.4 Å². The molecule has 0 unspecified atom stereocenters. The SMILES string of the molecule is COc1cc2c(c(OC)c1OC)-c1ccc(NCC(=O)NCCc3nc(-c4ccccc4)cs3)c(=O)cc1[C@H](NC(C)=O)CC2. The van der Waals surface area contributed by atoms with E-state index < -0.39 is 6.04 Å². The number of ether oxygens (including phenoxy) is 3. The third-order valence-corrected chi connectivity index (χ3v) is 8.55. The fourth-order valence-corrected chi connectivity index (χ4v) is 6.38. The van der Waals surface area contributed by atoms with Crippen molar-refractivity contribution in [2.24, 2.45) is 0 Å². The number of nitrogens with one attached hydrogen (secondary N) is 3. The molecule has 1 aromatic heterocycles. The molecule has 3 aromatic carbocycles. The molecule has 10 nitrogen and oxygen atoms in total. The van der Waals surface area contributed by atoms with Crippen molar-refractivity contribution in [1.82, 2.24) is 15.6 Å². The molecule has 5 rings (SSSR count). The Balaban J connectivity index is 1.35. The molecule has 45 heavy (non-hydrogen) atoms. The highest BCUT2D eigenvalue weighted by atomic mass is 32.1. The van der Waals surface area contributed by atoms with Gasteiger partial charge in [0, 0.05) is 36.4 Å². The number of methoxy groups -OCH3 is 3. The predicted octanol–water partition coefficient (Wildman–Crippen LogP) is 4.76. The van der Waals surface area contributed by atoms with E-state index in [4.69, 9.17) is 14.2 Å². The number of benzene rings is 2. The number of carbonyl (C=O) groups excluding carboxylic acids is 2. The number of nitrogens with zero attached hydrogens (tertiary/aromatic N) is 1. The lowest BCUT2D eigenvalue weighted by atomic mass is 9.95. The largest absolute Gasteiger partial charge is 0.493 e. The van der Waals surface area contributed by atoms with E-state index in [0.29, 0.717) is 54.2 Å². The molecular weight excluding hydrogens is 592 g/mol. The number of anilines is 1. The minimum absolute atomic E-state index is 0.0862. The third kappa shape index (κ3) is 7.09. The van der Waals surface area contributed by atoms with Gasteiger partial charge < -0.3 is 30.2 Å². The molecule has 0 aliphatic heterocycles.